The second-order valence-electron chi connectivity index (χ2n) is 12.8. The second kappa shape index (κ2) is 8.54. The number of fused-ring (bicyclic) bond motifs is 5. The lowest BCUT2D eigenvalue weighted by atomic mass is 9.53. The summed E-state index contributed by atoms with van der Waals surface area (Å²) in [6.07, 6.45) is 11.8. The Morgan fingerprint density at radius 1 is 1.06 bits per heavy atom. The predicted molar refractivity (Wildman–Crippen MR) is 130 cm³/mol. The Hall–Kier alpha value is -0.193. The highest BCUT2D eigenvalue weighted by atomic mass is 28.2. The highest BCUT2D eigenvalue weighted by molar-refractivity contribution is 6.24. The molecule has 4 saturated carbocycles. The Bertz CT molecular complexity index is 667. The quantitative estimate of drug-likeness (QED) is 0.420. The molecule has 0 aromatic heterocycles. The molecular formula is C27H48O3Si. The highest BCUT2D eigenvalue weighted by Gasteiger charge is 2.72. The SMILES string of the molecule is C[SiH2]O[C@H]1CC[C@]2(C)C3CC[C@@]4(C)C(CC[C@@H]4[C@H](C)CCC(C)C)C3C(C=O)[C@]2(O)C1. The normalized spacial score (nSPS) is 50.5. The van der Waals surface area contributed by atoms with Crippen LogP contribution in [-0.2, 0) is 9.22 Å². The molecule has 4 aliphatic carbocycles. The maximum absolute atomic E-state index is 12.6. The van der Waals surface area contributed by atoms with Gasteiger partial charge in [-0.1, -0.05) is 54.0 Å². The van der Waals surface area contributed by atoms with Crippen molar-refractivity contribution in [2.24, 2.45) is 52.3 Å². The Balaban J connectivity index is 1.62. The average Bonchev–Trinajstić information content (AvgIpc) is 3.15. The largest absolute Gasteiger partial charge is 0.421 e. The lowest BCUT2D eigenvalue weighted by molar-refractivity contribution is -0.153. The highest BCUT2D eigenvalue weighted by Crippen LogP contribution is 2.72. The first kappa shape index (κ1) is 23.9. The molecule has 0 aromatic carbocycles. The summed E-state index contributed by atoms with van der Waals surface area (Å²) < 4.78 is 6.11. The molecule has 0 saturated heterocycles. The Morgan fingerprint density at radius 2 is 1.81 bits per heavy atom. The summed E-state index contributed by atoms with van der Waals surface area (Å²) >= 11 is 0. The van der Waals surface area contributed by atoms with Crippen LogP contribution in [0.2, 0.25) is 6.55 Å². The molecule has 4 rings (SSSR count). The van der Waals surface area contributed by atoms with Crippen LogP contribution in [0.4, 0.5) is 0 Å². The van der Waals surface area contributed by atoms with Gasteiger partial charge in [0.2, 0.25) is 0 Å². The van der Waals surface area contributed by atoms with Gasteiger partial charge in [0.05, 0.1) is 5.60 Å². The third kappa shape index (κ3) is 3.53. The Labute approximate surface area is 193 Å². The zero-order valence-corrected chi connectivity index (χ0v) is 22.4. The van der Waals surface area contributed by atoms with Crippen LogP contribution in [0.1, 0.15) is 92.4 Å². The summed E-state index contributed by atoms with van der Waals surface area (Å²) in [5, 5.41) is 12.2. The molecule has 178 valence electrons. The fourth-order valence-corrected chi connectivity index (χ4v) is 10.3. The fourth-order valence-electron chi connectivity index (χ4n) is 9.49. The summed E-state index contributed by atoms with van der Waals surface area (Å²) in [7, 11) is -0.500. The van der Waals surface area contributed by atoms with Gasteiger partial charge in [-0.25, -0.2) is 0 Å². The molecule has 1 N–H and O–H groups in total. The topological polar surface area (TPSA) is 46.5 Å². The number of hydrogen-bond donors (Lipinski definition) is 1. The summed E-state index contributed by atoms with van der Waals surface area (Å²) in [6.45, 7) is 14.2. The van der Waals surface area contributed by atoms with Crippen molar-refractivity contribution in [3.05, 3.63) is 0 Å². The van der Waals surface area contributed by atoms with E-state index in [4.69, 9.17) is 4.43 Å². The summed E-state index contributed by atoms with van der Waals surface area (Å²) in [6, 6.07) is 0. The number of carbonyl (C=O) groups excluding carboxylic acids is 1. The van der Waals surface area contributed by atoms with Crippen molar-refractivity contribution in [1.29, 1.82) is 0 Å². The summed E-state index contributed by atoms with van der Waals surface area (Å²) in [4.78, 5) is 12.6. The maximum atomic E-state index is 12.6. The second-order valence-corrected chi connectivity index (χ2v) is 13.7. The molecule has 3 nitrogen and oxygen atoms in total. The van der Waals surface area contributed by atoms with Gasteiger partial charge in [-0.3, -0.25) is 0 Å². The third-order valence-electron chi connectivity index (χ3n) is 11.1. The van der Waals surface area contributed by atoms with E-state index >= 15 is 0 Å². The van der Waals surface area contributed by atoms with E-state index in [1.54, 1.807) is 0 Å². The van der Waals surface area contributed by atoms with Crippen molar-refractivity contribution < 1.29 is 14.3 Å². The van der Waals surface area contributed by atoms with Crippen LogP contribution in [0.15, 0.2) is 0 Å². The molecule has 0 radical (unpaired) electrons. The zero-order chi connectivity index (χ0) is 22.6. The van der Waals surface area contributed by atoms with Gasteiger partial charge in [-0.15, -0.1) is 0 Å². The molecule has 31 heavy (non-hydrogen) atoms. The van der Waals surface area contributed by atoms with Crippen LogP contribution in [0.25, 0.3) is 0 Å². The predicted octanol–water partition coefficient (Wildman–Crippen LogP) is 5.38. The molecule has 0 bridgehead atoms. The van der Waals surface area contributed by atoms with E-state index in [1.807, 2.05) is 0 Å². The molecule has 0 spiro atoms. The first-order chi connectivity index (χ1) is 14.6. The number of aliphatic hydroxyl groups is 1. The number of carbonyl (C=O) groups is 1. The van der Waals surface area contributed by atoms with Crippen LogP contribution in [0, 0.1) is 52.3 Å². The van der Waals surface area contributed by atoms with Crippen molar-refractivity contribution in [3.8, 4) is 0 Å². The van der Waals surface area contributed by atoms with Crippen LogP contribution in [0.5, 0.6) is 0 Å². The lowest BCUT2D eigenvalue weighted by Gasteiger charge is -2.53. The van der Waals surface area contributed by atoms with Gasteiger partial charge < -0.3 is 14.3 Å². The first-order valence-electron chi connectivity index (χ1n) is 13.4. The molecule has 0 amide bonds. The average molecular weight is 449 g/mol. The number of aldehydes is 1. The van der Waals surface area contributed by atoms with Crippen molar-refractivity contribution in [2.75, 3.05) is 0 Å². The zero-order valence-electron chi connectivity index (χ0n) is 21.0. The Morgan fingerprint density at radius 3 is 2.45 bits per heavy atom. The van der Waals surface area contributed by atoms with E-state index in [1.165, 1.54) is 44.8 Å². The minimum Gasteiger partial charge on any atom is -0.421 e. The summed E-state index contributed by atoms with van der Waals surface area (Å²) in [5.41, 5.74) is -0.657. The molecule has 4 heteroatoms. The first-order valence-corrected chi connectivity index (χ1v) is 15.4. The van der Waals surface area contributed by atoms with Crippen LogP contribution < -0.4 is 0 Å². The van der Waals surface area contributed by atoms with Crippen molar-refractivity contribution >= 4 is 16.0 Å². The molecule has 4 unspecified atom stereocenters. The maximum Gasteiger partial charge on any atom is 0.158 e. The van der Waals surface area contributed by atoms with Gasteiger partial charge >= 0.3 is 0 Å². The van der Waals surface area contributed by atoms with Gasteiger partial charge in [0.1, 0.15) is 6.29 Å². The van der Waals surface area contributed by atoms with Gasteiger partial charge in [-0.2, -0.15) is 0 Å². The van der Waals surface area contributed by atoms with E-state index in [-0.39, 0.29) is 17.4 Å². The van der Waals surface area contributed by atoms with Gasteiger partial charge in [-0.05, 0) is 79.4 Å². The van der Waals surface area contributed by atoms with Crippen molar-refractivity contribution in [3.63, 3.8) is 0 Å². The van der Waals surface area contributed by atoms with E-state index in [9.17, 15) is 9.90 Å². The van der Waals surface area contributed by atoms with E-state index in [0.717, 1.165) is 30.6 Å². The molecular weight excluding hydrogens is 400 g/mol. The van der Waals surface area contributed by atoms with Crippen molar-refractivity contribution in [2.45, 2.75) is 111 Å². The number of rotatable bonds is 7. The van der Waals surface area contributed by atoms with E-state index in [0.29, 0.717) is 29.6 Å². The van der Waals surface area contributed by atoms with Crippen LogP contribution in [0.3, 0.4) is 0 Å². The molecule has 10 atom stereocenters. The van der Waals surface area contributed by atoms with Crippen LogP contribution >= 0.6 is 0 Å². The molecule has 4 aliphatic rings. The van der Waals surface area contributed by atoms with Crippen molar-refractivity contribution in [1.82, 2.24) is 0 Å². The number of hydrogen-bond acceptors (Lipinski definition) is 3. The molecule has 4 fully saturated rings. The van der Waals surface area contributed by atoms with E-state index < -0.39 is 15.4 Å². The van der Waals surface area contributed by atoms with Gasteiger partial charge in [0.15, 0.2) is 9.76 Å². The van der Waals surface area contributed by atoms with Gasteiger partial charge in [0.25, 0.3) is 0 Å². The summed E-state index contributed by atoms with van der Waals surface area (Å²) in [5.74, 6) is 3.56. The minimum atomic E-state index is -0.872. The standard InChI is InChI=1S/C27H48O3Si/c1-17(2)7-8-18(3)20-9-10-21-24-22(12-13-25(20,21)4)26(5)14-11-19(30-31-6)15-27(26,29)23(24)16-28/h16-24,29H,7-15,31H2,1-6H3/t18-,19+,20-,21?,22?,23?,24?,25-,26-,27-/m1/s1. The smallest absolute Gasteiger partial charge is 0.158 e. The fraction of sp³-hybridized carbons (Fsp3) is 0.963. The molecule has 0 heterocycles. The van der Waals surface area contributed by atoms with Crippen LogP contribution in [-0.4, -0.2) is 32.9 Å². The molecule has 0 aliphatic heterocycles. The monoisotopic (exact) mass is 448 g/mol. The third-order valence-corrected chi connectivity index (χ3v) is 11.9. The Kier molecular flexibility index (Phi) is 6.60. The minimum absolute atomic E-state index is 0.124. The van der Waals surface area contributed by atoms with E-state index in [2.05, 4.69) is 41.2 Å². The lowest BCUT2D eigenvalue weighted by Crippen LogP contribution is -2.55. The van der Waals surface area contributed by atoms with Gasteiger partial charge in [0, 0.05) is 23.9 Å². The molecule has 0 aromatic rings.